The second-order valence-electron chi connectivity index (χ2n) is 7.42. The molecular formula is C23H24N4O7. The Morgan fingerprint density at radius 2 is 1.68 bits per heavy atom. The number of ether oxygens (including phenoxy) is 4. The molecule has 4 rings (SSSR count). The summed E-state index contributed by atoms with van der Waals surface area (Å²) in [4.78, 5) is 27.0. The molecule has 11 heteroatoms. The molecule has 2 aromatic carbocycles. The largest absolute Gasteiger partial charge is 0.497 e. The summed E-state index contributed by atoms with van der Waals surface area (Å²) in [5.74, 6) is 1.15. The Kier molecular flexibility index (Phi) is 6.53. The SMILES string of the molecule is COc1ccc(N2C[C@@H](c3nnc(NC(=O)c4cc(OC)c(OC)c(OC)c4)o3)CC2=O)cc1. The van der Waals surface area contributed by atoms with E-state index in [4.69, 9.17) is 23.4 Å². The van der Waals surface area contributed by atoms with Crippen molar-refractivity contribution in [3.05, 3.63) is 47.9 Å². The summed E-state index contributed by atoms with van der Waals surface area (Å²) in [6.07, 6.45) is 0.217. The first-order valence-corrected chi connectivity index (χ1v) is 10.4. The third-order valence-corrected chi connectivity index (χ3v) is 5.45. The zero-order valence-corrected chi connectivity index (χ0v) is 19.2. The quantitative estimate of drug-likeness (QED) is 0.531. The summed E-state index contributed by atoms with van der Waals surface area (Å²) in [5, 5.41) is 10.5. The molecule has 0 radical (unpaired) electrons. The van der Waals surface area contributed by atoms with E-state index in [1.165, 1.54) is 33.5 Å². The third-order valence-electron chi connectivity index (χ3n) is 5.45. The van der Waals surface area contributed by atoms with Gasteiger partial charge in [-0.15, -0.1) is 5.10 Å². The maximum absolute atomic E-state index is 12.8. The summed E-state index contributed by atoms with van der Waals surface area (Å²) in [6.45, 7) is 0.383. The summed E-state index contributed by atoms with van der Waals surface area (Å²) in [7, 11) is 5.98. The van der Waals surface area contributed by atoms with Gasteiger partial charge in [0.1, 0.15) is 5.75 Å². The van der Waals surface area contributed by atoms with E-state index in [1.54, 1.807) is 24.1 Å². The van der Waals surface area contributed by atoms with Gasteiger partial charge in [0.15, 0.2) is 11.5 Å². The molecule has 34 heavy (non-hydrogen) atoms. The molecule has 1 atom stereocenters. The molecule has 2 heterocycles. The van der Waals surface area contributed by atoms with Gasteiger partial charge in [0, 0.05) is 24.2 Å². The average molecular weight is 468 g/mol. The summed E-state index contributed by atoms with van der Waals surface area (Å²) < 4.78 is 26.6. The predicted molar refractivity (Wildman–Crippen MR) is 121 cm³/mol. The highest BCUT2D eigenvalue weighted by Crippen LogP contribution is 2.38. The molecule has 11 nitrogen and oxygen atoms in total. The molecular weight excluding hydrogens is 444 g/mol. The normalized spacial score (nSPS) is 15.2. The van der Waals surface area contributed by atoms with Crippen molar-refractivity contribution in [3.8, 4) is 23.0 Å². The van der Waals surface area contributed by atoms with Crippen LogP contribution in [0.25, 0.3) is 0 Å². The van der Waals surface area contributed by atoms with E-state index in [0.29, 0.717) is 29.5 Å². The van der Waals surface area contributed by atoms with Crippen LogP contribution in [0.5, 0.6) is 23.0 Å². The monoisotopic (exact) mass is 468 g/mol. The van der Waals surface area contributed by atoms with Crippen LogP contribution >= 0.6 is 0 Å². The Bertz CT molecular complexity index is 1170. The number of hydrogen-bond acceptors (Lipinski definition) is 9. The summed E-state index contributed by atoms with van der Waals surface area (Å²) >= 11 is 0. The fraction of sp³-hybridized carbons (Fsp3) is 0.304. The number of benzene rings is 2. The second kappa shape index (κ2) is 9.69. The zero-order chi connectivity index (χ0) is 24.2. The third kappa shape index (κ3) is 4.45. The molecule has 1 aliphatic heterocycles. The highest BCUT2D eigenvalue weighted by atomic mass is 16.5. The zero-order valence-electron chi connectivity index (χ0n) is 19.2. The first-order valence-electron chi connectivity index (χ1n) is 10.4. The minimum Gasteiger partial charge on any atom is -0.497 e. The van der Waals surface area contributed by atoms with E-state index in [-0.39, 0.29) is 35.7 Å². The number of hydrogen-bond donors (Lipinski definition) is 1. The molecule has 1 saturated heterocycles. The lowest BCUT2D eigenvalue weighted by Gasteiger charge is -2.16. The number of aromatic nitrogens is 2. The van der Waals surface area contributed by atoms with Crippen molar-refractivity contribution in [2.45, 2.75) is 12.3 Å². The minimum atomic E-state index is -0.503. The van der Waals surface area contributed by atoms with Gasteiger partial charge in [0.2, 0.25) is 17.5 Å². The van der Waals surface area contributed by atoms with Crippen LogP contribution in [0.3, 0.4) is 0 Å². The van der Waals surface area contributed by atoms with Gasteiger partial charge in [-0.25, -0.2) is 0 Å². The molecule has 2 amide bonds. The standard InChI is InChI=1S/C23H24N4O7/c1-30-16-7-5-15(6-8-16)27-12-14(11-19(27)28)22-25-26-23(34-22)24-21(29)13-9-17(31-2)20(33-4)18(10-13)32-3/h5-10,14H,11-12H2,1-4H3,(H,24,26,29)/t14-/m0/s1. The first-order chi connectivity index (χ1) is 16.5. The van der Waals surface area contributed by atoms with Gasteiger partial charge in [-0.05, 0) is 36.4 Å². The minimum absolute atomic E-state index is 0.0589. The van der Waals surface area contributed by atoms with Crippen molar-refractivity contribution in [3.63, 3.8) is 0 Å². The topological polar surface area (TPSA) is 125 Å². The molecule has 1 aromatic heterocycles. The lowest BCUT2D eigenvalue weighted by molar-refractivity contribution is -0.117. The number of methoxy groups -OCH3 is 4. The highest BCUT2D eigenvalue weighted by Gasteiger charge is 2.35. The number of rotatable bonds is 8. The fourth-order valence-corrected chi connectivity index (χ4v) is 3.72. The van der Waals surface area contributed by atoms with Crippen LogP contribution < -0.4 is 29.2 Å². The van der Waals surface area contributed by atoms with Gasteiger partial charge < -0.3 is 28.3 Å². The summed E-state index contributed by atoms with van der Waals surface area (Å²) in [6, 6.07) is 10.2. The lowest BCUT2D eigenvalue weighted by Crippen LogP contribution is -2.24. The molecule has 1 N–H and O–H groups in total. The van der Waals surface area contributed by atoms with Crippen LogP contribution in [0, 0.1) is 0 Å². The predicted octanol–water partition coefficient (Wildman–Crippen LogP) is 2.88. The van der Waals surface area contributed by atoms with Gasteiger partial charge in [-0.3, -0.25) is 14.9 Å². The van der Waals surface area contributed by atoms with E-state index < -0.39 is 5.91 Å². The molecule has 1 aliphatic rings. The molecule has 3 aromatic rings. The van der Waals surface area contributed by atoms with Gasteiger partial charge in [-0.1, -0.05) is 5.10 Å². The van der Waals surface area contributed by atoms with Crippen molar-refractivity contribution >= 4 is 23.5 Å². The number of nitrogens with zero attached hydrogens (tertiary/aromatic N) is 3. The van der Waals surface area contributed by atoms with Crippen molar-refractivity contribution in [1.82, 2.24) is 10.2 Å². The van der Waals surface area contributed by atoms with Crippen LogP contribution in [-0.2, 0) is 4.79 Å². The van der Waals surface area contributed by atoms with Crippen molar-refractivity contribution < 1.29 is 33.0 Å². The van der Waals surface area contributed by atoms with E-state index in [2.05, 4.69) is 15.5 Å². The Morgan fingerprint density at radius 1 is 1.00 bits per heavy atom. The van der Waals surface area contributed by atoms with Gasteiger partial charge in [0.05, 0.1) is 34.4 Å². The molecule has 0 spiro atoms. The van der Waals surface area contributed by atoms with Crippen molar-refractivity contribution in [2.24, 2.45) is 0 Å². The number of nitrogens with one attached hydrogen (secondary N) is 1. The maximum atomic E-state index is 12.8. The van der Waals surface area contributed by atoms with E-state index >= 15 is 0 Å². The Balaban J connectivity index is 1.46. The Labute approximate surface area is 195 Å². The summed E-state index contributed by atoms with van der Waals surface area (Å²) in [5.41, 5.74) is 1.000. The van der Waals surface area contributed by atoms with Crippen molar-refractivity contribution in [1.29, 1.82) is 0 Å². The van der Waals surface area contributed by atoms with E-state index in [1.807, 2.05) is 12.1 Å². The molecule has 178 valence electrons. The van der Waals surface area contributed by atoms with Gasteiger partial charge in [0.25, 0.3) is 5.91 Å². The maximum Gasteiger partial charge on any atom is 0.322 e. The van der Waals surface area contributed by atoms with Crippen LogP contribution in [-0.4, -0.2) is 57.0 Å². The fourth-order valence-electron chi connectivity index (χ4n) is 3.72. The van der Waals surface area contributed by atoms with Crippen LogP contribution in [0.2, 0.25) is 0 Å². The average Bonchev–Trinajstić information content (AvgIpc) is 3.49. The van der Waals surface area contributed by atoms with Crippen LogP contribution in [0.1, 0.15) is 28.6 Å². The van der Waals surface area contributed by atoms with Gasteiger partial charge >= 0.3 is 6.01 Å². The Morgan fingerprint density at radius 3 is 2.26 bits per heavy atom. The van der Waals surface area contributed by atoms with Crippen LogP contribution in [0.4, 0.5) is 11.7 Å². The molecule has 0 saturated carbocycles. The molecule has 0 aliphatic carbocycles. The van der Waals surface area contributed by atoms with E-state index in [0.717, 1.165) is 5.69 Å². The second-order valence-corrected chi connectivity index (χ2v) is 7.42. The molecule has 0 unspecified atom stereocenters. The first kappa shape index (κ1) is 22.9. The number of amides is 2. The van der Waals surface area contributed by atoms with Gasteiger partial charge in [-0.2, -0.15) is 0 Å². The van der Waals surface area contributed by atoms with Crippen molar-refractivity contribution in [2.75, 3.05) is 45.2 Å². The van der Waals surface area contributed by atoms with Crippen LogP contribution in [0.15, 0.2) is 40.8 Å². The molecule has 0 bridgehead atoms. The smallest absolute Gasteiger partial charge is 0.322 e. The lowest BCUT2D eigenvalue weighted by atomic mass is 10.1. The number of anilines is 2. The van der Waals surface area contributed by atoms with E-state index in [9.17, 15) is 9.59 Å². The molecule has 1 fully saturated rings. The number of carbonyl (C=O) groups excluding carboxylic acids is 2. The Hall–Kier alpha value is -4.28. The number of carbonyl (C=O) groups is 2. The highest BCUT2D eigenvalue weighted by molar-refractivity contribution is 6.04.